The van der Waals surface area contributed by atoms with E-state index in [1.807, 2.05) is 12.1 Å². The molecule has 0 saturated heterocycles. The predicted octanol–water partition coefficient (Wildman–Crippen LogP) is 5.51. The van der Waals surface area contributed by atoms with E-state index in [1.165, 1.54) is 6.07 Å². The molecule has 0 saturated carbocycles. The molecule has 1 aliphatic carbocycles. The molecule has 0 aliphatic heterocycles. The number of carbonyl (C=O) groups excluding carboxylic acids is 1. The van der Waals surface area contributed by atoms with Gasteiger partial charge >= 0.3 is 6.18 Å². The zero-order valence-corrected chi connectivity index (χ0v) is 12.6. The first-order valence-electron chi connectivity index (χ1n) is 7.38. The Labute approximate surface area is 132 Å². The van der Waals surface area contributed by atoms with Gasteiger partial charge in [0.15, 0.2) is 5.78 Å². The highest BCUT2D eigenvalue weighted by Gasteiger charge is 2.30. The van der Waals surface area contributed by atoms with Crippen LogP contribution in [0.4, 0.5) is 13.2 Å². The molecule has 0 radical (unpaired) electrons. The number of Topliss-reactive ketones (excluding diaryl/α,β-unsaturated/α-hetero) is 1. The van der Waals surface area contributed by atoms with Gasteiger partial charge in [0.05, 0.1) is 5.56 Å². The standard InChI is InChI=1S/C19H15F3O/c1-12-15(9-10-18(12)23)17-8-3-2-7-16(17)13-5-4-6-14(11-13)19(20,21)22/h2-8,11H,9-10H2,1H3. The van der Waals surface area contributed by atoms with Crippen molar-refractivity contribution in [1.82, 2.24) is 0 Å². The molecule has 0 fully saturated rings. The SMILES string of the molecule is CC1=C(c2ccccc2-c2cccc(C(F)(F)F)c2)CCC1=O. The Bertz CT molecular complexity index is 800. The molecule has 0 bridgehead atoms. The normalized spacial score (nSPS) is 15.4. The lowest BCUT2D eigenvalue weighted by Crippen LogP contribution is -2.04. The Morgan fingerprint density at radius 1 is 0.913 bits per heavy atom. The van der Waals surface area contributed by atoms with Crippen molar-refractivity contribution >= 4 is 11.4 Å². The molecule has 0 amide bonds. The second-order valence-corrected chi connectivity index (χ2v) is 5.65. The summed E-state index contributed by atoms with van der Waals surface area (Å²) in [6, 6.07) is 12.6. The van der Waals surface area contributed by atoms with Gasteiger partial charge < -0.3 is 0 Å². The van der Waals surface area contributed by atoms with Crippen LogP contribution in [0.5, 0.6) is 0 Å². The number of rotatable bonds is 2. The second kappa shape index (κ2) is 5.69. The quantitative estimate of drug-likeness (QED) is 0.714. The average molecular weight is 316 g/mol. The van der Waals surface area contributed by atoms with Crippen LogP contribution >= 0.6 is 0 Å². The molecule has 0 N–H and O–H groups in total. The molecule has 0 atom stereocenters. The molecular formula is C19H15F3O. The van der Waals surface area contributed by atoms with Crippen LogP contribution in [0.15, 0.2) is 54.1 Å². The van der Waals surface area contributed by atoms with Crippen LogP contribution in [0.2, 0.25) is 0 Å². The number of hydrogen-bond donors (Lipinski definition) is 0. The van der Waals surface area contributed by atoms with Crippen molar-refractivity contribution in [3.63, 3.8) is 0 Å². The first kappa shape index (κ1) is 15.5. The summed E-state index contributed by atoms with van der Waals surface area (Å²) in [6.07, 6.45) is -3.26. The minimum Gasteiger partial charge on any atom is -0.295 e. The molecule has 0 heterocycles. The molecule has 0 unspecified atom stereocenters. The van der Waals surface area contributed by atoms with Crippen LogP contribution in [-0.2, 0) is 11.0 Å². The maximum atomic E-state index is 12.9. The van der Waals surface area contributed by atoms with Crippen molar-refractivity contribution in [2.24, 2.45) is 0 Å². The lowest BCUT2D eigenvalue weighted by atomic mass is 9.92. The number of alkyl halides is 3. The molecule has 23 heavy (non-hydrogen) atoms. The number of allylic oxidation sites excluding steroid dienone is 2. The topological polar surface area (TPSA) is 17.1 Å². The van der Waals surface area contributed by atoms with Gasteiger partial charge in [0.25, 0.3) is 0 Å². The Morgan fingerprint density at radius 2 is 1.61 bits per heavy atom. The van der Waals surface area contributed by atoms with Crippen molar-refractivity contribution in [2.75, 3.05) is 0 Å². The fraction of sp³-hybridized carbons (Fsp3) is 0.211. The Balaban J connectivity index is 2.14. The van der Waals surface area contributed by atoms with Gasteiger partial charge in [-0.3, -0.25) is 4.79 Å². The van der Waals surface area contributed by atoms with Crippen LogP contribution in [0, 0.1) is 0 Å². The van der Waals surface area contributed by atoms with E-state index in [9.17, 15) is 18.0 Å². The van der Waals surface area contributed by atoms with Crippen LogP contribution < -0.4 is 0 Å². The van der Waals surface area contributed by atoms with Crippen molar-refractivity contribution < 1.29 is 18.0 Å². The summed E-state index contributed by atoms with van der Waals surface area (Å²) in [6.45, 7) is 1.79. The molecule has 3 rings (SSSR count). The highest BCUT2D eigenvalue weighted by Crippen LogP contribution is 2.38. The van der Waals surface area contributed by atoms with Gasteiger partial charge in [0.1, 0.15) is 0 Å². The fourth-order valence-electron chi connectivity index (χ4n) is 2.98. The van der Waals surface area contributed by atoms with Gasteiger partial charge in [0.2, 0.25) is 0 Å². The van der Waals surface area contributed by atoms with Crippen LogP contribution in [-0.4, -0.2) is 5.78 Å². The predicted molar refractivity (Wildman–Crippen MR) is 83.7 cm³/mol. The maximum Gasteiger partial charge on any atom is 0.416 e. The first-order valence-corrected chi connectivity index (χ1v) is 7.38. The molecule has 0 spiro atoms. The third-order valence-corrected chi connectivity index (χ3v) is 4.23. The van der Waals surface area contributed by atoms with E-state index in [-0.39, 0.29) is 5.78 Å². The molecule has 1 aliphatic rings. The van der Waals surface area contributed by atoms with E-state index in [0.717, 1.165) is 28.8 Å². The van der Waals surface area contributed by atoms with E-state index >= 15 is 0 Å². The third-order valence-electron chi connectivity index (χ3n) is 4.23. The number of carbonyl (C=O) groups is 1. The molecule has 2 aromatic rings. The average Bonchev–Trinajstić information content (AvgIpc) is 2.86. The minimum atomic E-state index is -4.37. The van der Waals surface area contributed by atoms with Gasteiger partial charge in [-0.15, -0.1) is 0 Å². The van der Waals surface area contributed by atoms with Gasteiger partial charge in [-0.2, -0.15) is 13.2 Å². The summed E-state index contributed by atoms with van der Waals surface area (Å²) in [7, 11) is 0. The summed E-state index contributed by atoms with van der Waals surface area (Å²) in [5.41, 5.74) is 3.05. The second-order valence-electron chi connectivity index (χ2n) is 5.65. The lowest BCUT2D eigenvalue weighted by Gasteiger charge is -2.13. The van der Waals surface area contributed by atoms with E-state index in [2.05, 4.69) is 0 Å². The lowest BCUT2D eigenvalue weighted by molar-refractivity contribution is -0.137. The smallest absolute Gasteiger partial charge is 0.295 e. The summed E-state index contributed by atoms with van der Waals surface area (Å²) in [5.74, 6) is 0.110. The van der Waals surface area contributed by atoms with Gasteiger partial charge in [0, 0.05) is 6.42 Å². The zero-order valence-electron chi connectivity index (χ0n) is 12.6. The molecule has 4 heteroatoms. The number of halogens is 3. The molecule has 0 aromatic heterocycles. The largest absolute Gasteiger partial charge is 0.416 e. The third kappa shape index (κ3) is 2.93. The monoisotopic (exact) mass is 316 g/mol. The summed E-state index contributed by atoms with van der Waals surface area (Å²) in [4.78, 5) is 11.8. The molecular weight excluding hydrogens is 301 g/mol. The number of hydrogen-bond acceptors (Lipinski definition) is 1. The van der Waals surface area contributed by atoms with E-state index in [0.29, 0.717) is 24.0 Å². The summed E-state index contributed by atoms with van der Waals surface area (Å²) in [5, 5.41) is 0. The van der Waals surface area contributed by atoms with Crippen LogP contribution in [0.3, 0.4) is 0 Å². The highest BCUT2D eigenvalue weighted by molar-refractivity contribution is 6.07. The minimum absolute atomic E-state index is 0.110. The summed E-state index contributed by atoms with van der Waals surface area (Å²) >= 11 is 0. The van der Waals surface area contributed by atoms with Crippen molar-refractivity contribution in [3.05, 3.63) is 65.2 Å². The number of ketones is 1. The highest BCUT2D eigenvalue weighted by atomic mass is 19.4. The van der Waals surface area contributed by atoms with Crippen molar-refractivity contribution in [1.29, 1.82) is 0 Å². The van der Waals surface area contributed by atoms with Crippen molar-refractivity contribution in [2.45, 2.75) is 25.9 Å². The Kier molecular flexibility index (Phi) is 3.84. The zero-order chi connectivity index (χ0) is 16.6. The molecule has 118 valence electrons. The maximum absolute atomic E-state index is 12.9. The van der Waals surface area contributed by atoms with Gasteiger partial charge in [-0.1, -0.05) is 36.4 Å². The fourth-order valence-corrected chi connectivity index (χ4v) is 2.98. The first-order chi connectivity index (χ1) is 10.9. The van der Waals surface area contributed by atoms with Crippen molar-refractivity contribution in [3.8, 4) is 11.1 Å². The Morgan fingerprint density at radius 3 is 2.22 bits per heavy atom. The van der Waals surface area contributed by atoms with E-state index in [4.69, 9.17) is 0 Å². The number of benzene rings is 2. The van der Waals surface area contributed by atoms with Gasteiger partial charge in [-0.25, -0.2) is 0 Å². The Hall–Kier alpha value is -2.36. The molecule has 2 aromatic carbocycles. The van der Waals surface area contributed by atoms with E-state index in [1.54, 1.807) is 25.1 Å². The molecule has 1 nitrogen and oxygen atoms in total. The van der Waals surface area contributed by atoms with Crippen LogP contribution in [0.1, 0.15) is 30.9 Å². The van der Waals surface area contributed by atoms with Crippen LogP contribution in [0.25, 0.3) is 16.7 Å². The summed E-state index contributed by atoms with van der Waals surface area (Å²) < 4.78 is 38.8. The van der Waals surface area contributed by atoms with Gasteiger partial charge in [-0.05, 0) is 53.3 Å². The van der Waals surface area contributed by atoms with E-state index < -0.39 is 11.7 Å².